The van der Waals surface area contributed by atoms with Crippen molar-refractivity contribution in [2.24, 2.45) is 5.92 Å². The number of nitrogens with two attached hydrogens (primary N) is 1. The smallest absolute Gasteiger partial charge is 0.415 e. The van der Waals surface area contributed by atoms with Crippen molar-refractivity contribution in [3.63, 3.8) is 0 Å². The first-order valence-electron chi connectivity index (χ1n) is 14.2. The van der Waals surface area contributed by atoms with Gasteiger partial charge in [-0.3, -0.25) is 14.7 Å². The third kappa shape index (κ3) is 7.70. The number of piperidine rings is 1. The van der Waals surface area contributed by atoms with Crippen molar-refractivity contribution in [2.75, 3.05) is 29.0 Å². The molecule has 3 aromatic rings. The number of carbonyl (C=O) groups excluding carboxylic acids is 2. The van der Waals surface area contributed by atoms with Gasteiger partial charge >= 0.3 is 6.09 Å². The molecule has 3 heterocycles. The molecule has 42 heavy (non-hydrogen) atoms. The van der Waals surface area contributed by atoms with Crippen LogP contribution in [0.5, 0.6) is 0 Å². The lowest BCUT2D eigenvalue weighted by Crippen LogP contribution is -2.50. The predicted octanol–water partition coefficient (Wildman–Crippen LogP) is 6.28. The van der Waals surface area contributed by atoms with Gasteiger partial charge in [0.25, 0.3) is 5.91 Å². The fraction of sp³-hybridized carbons (Fsp3) is 0.375. The molecule has 2 aromatic heterocycles. The number of carbonyl (C=O) groups is 2. The lowest BCUT2D eigenvalue weighted by Gasteiger charge is -2.36. The lowest BCUT2D eigenvalue weighted by atomic mass is 10.0. The van der Waals surface area contributed by atoms with Gasteiger partial charge < -0.3 is 21.1 Å². The van der Waals surface area contributed by atoms with E-state index in [2.05, 4.69) is 34.4 Å². The van der Waals surface area contributed by atoms with Gasteiger partial charge in [0.05, 0.1) is 35.0 Å². The monoisotopic (exact) mass is 574 g/mol. The summed E-state index contributed by atoms with van der Waals surface area (Å²) in [5.41, 5.74) is 7.55. The second kappa shape index (κ2) is 13.1. The lowest BCUT2D eigenvalue weighted by molar-refractivity contribution is 0.0560. The van der Waals surface area contributed by atoms with Crippen LogP contribution in [-0.4, -0.2) is 46.7 Å². The summed E-state index contributed by atoms with van der Waals surface area (Å²) in [5, 5.41) is 6.15. The summed E-state index contributed by atoms with van der Waals surface area (Å²) in [4.78, 5) is 37.2. The van der Waals surface area contributed by atoms with E-state index in [0.29, 0.717) is 18.2 Å². The van der Waals surface area contributed by atoms with E-state index in [1.54, 1.807) is 56.1 Å². The van der Waals surface area contributed by atoms with Crippen molar-refractivity contribution in [1.82, 2.24) is 15.3 Å². The quantitative estimate of drug-likeness (QED) is 0.304. The van der Waals surface area contributed by atoms with Crippen molar-refractivity contribution >= 4 is 35.1 Å². The number of amides is 2. The summed E-state index contributed by atoms with van der Waals surface area (Å²) < 4.78 is 20.6. The Morgan fingerprint density at radius 2 is 2.00 bits per heavy atom. The topological polar surface area (TPSA) is 122 Å². The van der Waals surface area contributed by atoms with Crippen LogP contribution in [0.4, 0.5) is 26.2 Å². The van der Waals surface area contributed by atoms with Crippen molar-refractivity contribution in [3.05, 3.63) is 71.9 Å². The van der Waals surface area contributed by atoms with Crippen LogP contribution >= 0.6 is 0 Å². The number of pyridine rings is 2. The van der Waals surface area contributed by atoms with E-state index < -0.39 is 23.4 Å². The maximum absolute atomic E-state index is 14.9. The molecular formula is C32H39FN6O3. The first-order valence-corrected chi connectivity index (χ1v) is 14.2. The van der Waals surface area contributed by atoms with Crippen LogP contribution < -0.4 is 21.3 Å². The predicted molar refractivity (Wildman–Crippen MR) is 165 cm³/mol. The highest BCUT2D eigenvalue weighted by Crippen LogP contribution is 2.31. The molecule has 9 nitrogen and oxygen atoms in total. The Bertz CT molecular complexity index is 1460. The number of rotatable bonds is 7. The Balaban J connectivity index is 1.67. The molecular weight excluding hydrogens is 535 g/mol. The number of hydrogen-bond acceptors (Lipinski definition) is 7. The van der Waals surface area contributed by atoms with Crippen LogP contribution in [0.1, 0.15) is 63.5 Å². The van der Waals surface area contributed by atoms with Gasteiger partial charge in [0, 0.05) is 18.3 Å². The molecule has 1 aliphatic rings. The Hall–Kier alpha value is -4.31. The van der Waals surface area contributed by atoms with Gasteiger partial charge in [0.1, 0.15) is 11.4 Å². The second-order valence-electron chi connectivity index (χ2n) is 11.7. The fourth-order valence-corrected chi connectivity index (χ4v) is 4.63. The summed E-state index contributed by atoms with van der Waals surface area (Å²) in [6.45, 7) is 11.0. The molecule has 0 bridgehead atoms. The highest BCUT2D eigenvalue weighted by atomic mass is 19.1. The number of nitrogens with zero attached hydrogens (tertiary/aromatic N) is 3. The molecule has 0 aliphatic carbocycles. The molecule has 1 aliphatic heterocycles. The molecule has 2 amide bonds. The molecule has 0 saturated carbocycles. The van der Waals surface area contributed by atoms with E-state index in [1.165, 1.54) is 18.3 Å². The van der Waals surface area contributed by atoms with Gasteiger partial charge in [0.2, 0.25) is 0 Å². The average Bonchev–Trinajstić information content (AvgIpc) is 2.93. The third-order valence-electron chi connectivity index (χ3n) is 6.61. The molecule has 0 spiro atoms. The number of nitrogens with one attached hydrogen (secondary N) is 2. The van der Waals surface area contributed by atoms with E-state index >= 15 is 0 Å². The molecule has 1 fully saturated rings. The van der Waals surface area contributed by atoms with Crippen molar-refractivity contribution in [3.8, 4) is 11.3 Å². The Kier molecular flexibility index (Phi) is 9.57. The van der Waals surface area contributed by atoms with Crippen LogP contribution in [0.25, 0.3) is 17.3 Å². The maximum atomic E-state index is 14.9. The standard InChI is InChI=1S/C32H39FN6O3/c1-20(2)8-9-21-10-11-24(33)23(17-21)26-13-12-25(34)29(37-26)30(40)38-27-19-36-16-14-28(27)39(22-7-6-15-35-18-22)31(41)42-32(3,4)5/h8-14,16-17,19-20,22,35H,6-7,15,18,34H2,1-5H3,(H,38,40)/t22-/m0/s1. The fourth-order valence-electron chi connectivity index (χ4n) is 4.63. The highest BCUT2D eigenvalue weighted by Gasteiger charge is 2.32. The summed E-state index contributed by atoms with van der Waals surface area (Å²) >= 11 is 0. The first kappa shape index (κ1) is 30.6. The summed E-state index contributed by atoms with van der Waals surface area (Å²) in [7, 11) is 0. The van der Waals surface area contributed by atoms with Gasteiger partial charge in [-0.25, -0.2) is 14.2 Å². The molecule has 4 N–H and O–H groups in total. The summed E-state index contributed by atoms with van der Waals surface area (Å²) in [6, 6.07) is 9.31. The van der Waals surface area contributed by atoms with Gasteiger partial charge in [-0.15, -0.1) is 0 Å². The van der Waals surface area contributed by atoms with E-state index in [-0.39, 0.29) is 34.4 Å². The highest BCUT2D eigenvalue weighted by molar-refractivity contribution is 6.09. The van der Waals surface area contributed by atoms with Crippen LogP contribution in [0, 0.1) is 11.7 Å². The minimum Gasteiger partial charge on any atom is -0.443 e. The Morgan fingerprint density at radius 1 is 1.21 bits per heavy atom. The van der Waals surface area contributed by atoms with Crippen LogP contribution in [0.2, 0.25) is 0 Å². The van der Waals surface area contributed by atoms with Crippen LogP contribution in [0.15, 0.2) is 54.9 Å². The zero-order chi connectivity index (χ0) is 30.4. The number of anilines is 3. The Morgan fingerprint density at radius 3 is 2.69 bits per heavy atom. The maximum Gasteiger partial charge on any atom is 0.415 e. The van der Waals surface area contributed by atoms with E-state index in [0.717, 1.165) is 24.9 Å². The number of halogens is 1. The molecule has 1 atom stereocenters. The van der Waals surface area contributed by atoms with Crippen molar-refractivity contribution in [2.45, 2.75) is 59.1 Å². The zero-order valence-electron chi connectivity index (χ0n) is 24.8. The Labute approximate surface area is 246 Å². The first-order chi connectivity index (χ1) is 19.9. The van der Waals surface area contributed by atoms with Crippen LogP contribution in [0.3, 0.4) is 0 Å². The molecule has 0 radical (unpaired) electrons. The van der Waals surface area contributed by atoms with Crippen molar-refractivity contribution < 1.29 is 18.7 Å². The molecule has 0 unspecified atom stereocenters. The molecule has 1 aromatic carbocycles. The number of aromatic nitrogens is 2. The van der Waals surface area contributed by atoms with E-state index in [9.17, 15) is 14.0 Å². The summed E-state index contributed by atoms with van der Waals surface area (Å²) in [6.07, 6.45) is 8.06. The van der Waals surface area contributed by atoms with Crippen LogP contribution in [-0.2, 0) is 4.74 Å². The minimum atomic E-state index is -0.718. The number of hydrogen-bond donors (Lipinski definition) is 3. The second-order valence-corrected chi connectivity index (χ2v) is 11.7. The van der Waals surface area contributed by atoms with Gasteiger partial charge in [-0.2, -0.15) is 0 Å². The number of ether oxygens (including phenoxy) is 1. The molecule has 4 rings (SSSR count). The minimum absolute atomic E-state index is 0.0759. The van der Waals surface area contributed by atoms with E-state index in [4.69, 9.17) is 10.5 Å². The SMILES string of the molecule is CC(C)C=Cc1ccc(F)c(-c2ccc(N)c(C(=O)Nc3cnccc3N(C(=O)OC(C)(C)C)[C@H]3CCCNC3)n2)c1. The van der Waals surface area contributed by atoms with Gasteiger partial charge in [0.15, 0.2) is 5.69 Å². The number of allylic oxidation sites excluding steroid dienone is 1. The van der Waals surface area contributed by atoms with E-state index in [1.807, 2.05) is 12.2 Å². The molecule has 10 heteroatoms. The molecule has 1 saturated heterocycles. The largest absolute Gasteiger partial charge is 0.443 e. The zero-order valence-corrected chi connectivity index (χ0v) is 24.8. The van der Waals surface area contributed by atoms with Gasteiger partial charge in [-0.1, -0.05) is 32.1 Å². The van der Waals surface area contributed by atoms with Gasteiger partial charge in [-0.05, 0) is 82.0 Å². The van der Waals surface area contributed by atoms with Crippen molar-refractivity contribution in [1.29, 1.82) is 0 Å². The molecule has 222 valence electrons. The number of nitrogen functional groups attached to an aromatic ring is 1. The normalized spacial score (nSPS) is 15.5. The number of benzene rings is 1. The average molecular weight is 575 g/mol. The summed E-state index contributed by atoms with van der Waals surface area (Å²) in [5.74, 6) is -0.754. The third-order valence-corrected chi connectivity index (χ3v) is 6.61.